The Labute approximate surface area is 164 Å². The van der Waals surface area contributed by atoms with E-state index < -0.39 is 12.1 Å². The topological polar surface area (TPSA) is 84.1 Å². The van der Waals surface area contributed by atoms with Gasteiger partial charge in [-0.05, 0) is 43.5 Å². The fraction of sp³-hybridized carbons (Fsp3) is 0.227. The van der Waals surface area contributed by atoms with Crippen molar-refractivity contribution in [3.05, 3.63) is 71.5 Å². The fourth-order valence-electron chi connectivity index (χ4n) is 2.92. The van der Waals surface area contributed by atoms with E-state index >= 15 is 0 Å². The summed E-state index contributed by atoms with van der Waals surface area (Å²) >= 11 is 0. The van der Waals surface area contributed by atoms with Crippen molar-refractivity contribution >= 4 is 17.6 Å². The first kappa shape index (κ1) is 19.4. The monoisotopic (exact) mass is 377 g/mol. The summed E-state index contributed by atoms with van der Waals surface area (Å²) < 4.78 is 5.46. The predicted molar refractivity (Wildman–Crippen MR) is 108 cm³/mol. The molecule has 0 saturated carbocycles. The van der Waals surface area contributed by atoms with Crippen LogP contribution in [0.4, 0.5) is 5.69 Å². The molecule has 28 heavy (non-hydrogen) atoms. The molecule has 3 aromatic rings. The second-order valence-corrected chi connectivity index (χ2v) is 6.57. The average molecular weight is 377 g/mol. The molecule has 1 heterocycles. The second-order valence-electron chi connectivity index (χ2n) is 6.57. The Bertz CT molecular complexity index is 943. The lowest BCUT2D eigenvalue weighted by molar-refractivity contribution is -0.124. The SMILES string of the molecule is CCC(OC(=O)c1ccc(-c2ncc[nH]2)cc1)C(=O)Nc1c(C)cccc1C. The van der Waals surface area contributed by atoms with Crippen molar-refractivity contribution in [2.75, 3.05) is 5.32 Å². The van der Waals surface area contributed by atoms with Crippen LogP contribution in [0.1, 0.15) is 34.8 Å². The number of aryl methyl sites for hydroxylation is 2. The van der Waals surface area contributed by atoms with Gasteiger partial charge in [-0.15, -0.1) is 0 Å². The van der Waals surface area contributed by atoms with Crippen LogP contribution in [-0.4, -0.2) is 27.9 Å². The maximum absolute atomic E-state index is 12.6. The van der Waals surface area contributed by atoms with E-state index in [1.54, 1.807) is 36.7 Å². The molecule has 0 fully saturated rings. The number of imidazole rings is 1. The molecular formula is C22H23N3O3. The van der Waals surface area contributed by atoms with Gasteiger partial charge in [0, 0.05) is 23.6 Å². The molecule has 0 spiro atoms. The molecule has 2 aromatic carbocycles. The summed E-state index contributed by atoms with van der Waals surface area (Å²) in [4.78, 5) is 32.3. The normalized spacial score (nSPS) is 11.7. The number of carbonyl (C=O) groups is 2. The van der Waals surface area contributed by atoms with Crippen molar-refractivity contribution in [2.45, 2.75) is 33.3 Å². The highest BCUT2D eigenvalue weighted by molar-refractivity contribution is 5.98. The van der Waals surface area contributed by atoms with Gasteiger partial charge in [0.2, 0.25) is 0 Å². The zero-order valence-corrected chi connectivity index (χ0v) is 16.2. The Hall–Kier alpha value is -3.41. The van der Waals surface area contributed by atoms with Gasteiger partial charge in [-0.3, -0.25) is 4.79 Å². The van der Waals surface area contributed by atoms with Crippen LogP contribution in [0.5, 0.6) is 0 Å². The van der Waals surface area contributed by atoms with Crippen molar-refractivity contribution in [3.63, 3.8) is 0 Å². The standard InChI is InChI=1S/C22H23N3O3/c1-4-18(21(26)25-19-14(2)6-5-7-15(19)3)28-22(27)17-10-8-16(9-11-17)20-23-12-13-24-20/h5-13,18H,4H2,1-3H3,(H,23,24)(H,25,26). The summed E-state index contributed by atoms with van der Waals surface area (Å²) in [5.74, 6) is -0.144. The highest BCUT2D eigenvalue weighted by Crippen LogP contribution is 2.21. The third-order valence-corrected chi connectivity index (χ3v) is 4.53. The van der Waals surface area contributed by atoms with Crippen molar-refractivity contribution < 1.29 is 14.3 Å². The summed E-state index contributed by atoms with van der Waals surface area (Å²) in [6.07, 6.45) is 2.92. The summed E-state index contributed by atoms with van der Waals surface area (Å²) in [6, 6.07) is 12.7. The molecule has 0 aliphatic heterocycles. The van der Waals surface area contributed by atoms with E-state index in [-0.39, 0.29) is 5.91 Å². The third kappa shape index (κ3) is 4.28. The maximum Gasteiger partial charge on any atom is 0.338 e. The molecule has 2 N–H and O–H groups in total. The number of para-hydroxylation sites is 1. The highest BCUT2D eigenvalue weighted by atomic mass is 16.5. The lowest BCUT2D eigenvalue weighted by Crippen LogP contribution is -2.32. The first-order valence-electron chi connectivity index (χ1n) is 9.17. The van der Waals surface area contributed by atoms with E-state index in [1.807, 2.05) is 39.0 Å². The van der Waals surface area contributed by atoms with Gasteiger partial charge < -0.3 is 15.0 Å². The molecular weight excluding hydrogens is 354 g/mol. The number of carbonyl (C=O) groups excluding carboxylic acids is 2. The molecule has 0 aliphatic rings. The maximum atomic E-state index is 12.6. The Morgan fingerprint density at radius 3 is 2.36 bits per heavy atom. The number of rotatable bonds is 6. The first-order chi connectivity index (χ1) is 13.5. The van der Waals surface area contributed by atoms with Gasteiger partial charge in [-0.25, -0.2) is 9.78 Å². The molecule has 0 bridgehead atoms. The molecule has 3 rings (SSSR count). The van der Waals surface area contributed by atoms with Crippen molar-refractivity contribution in [3.8, 4) is 11.4 Å². The number of H-pyrrole nitrogens is 1. The number of ether oxygens (including phenoxy) is 1. The Morgan fingerprint density at radius 2 is 1.79 bits per heavy atom. The van der Waals surface area contributed by atoms with Crippen molar-refractivity contribution in [2.24, 2.45) is 0 Å². The number of aromatic nitrogens is 2. The molecule has 6 nitrogen and oxygen atoms in total. The average Bonchev–Trinajstić information content (AvgIpc) is 3.23. The van der Waals surface area contributed by atoms with Crippen LogP contribution in [0, 0.1) is 13.8 Å². The van der Waals surface area contributed by atoms with Crippen LogP contribution in [0.25, 0.3) is 11.4 Å². The molecule has 1 atom stereocenters. The number of anilines is 1. The van der Waals surface area contributed by atoms with E-state index in [9.17, 15) is 9.59 Å². The minimum atomic E-state index is -0.865. The van der Waals surface area contributed by atoms with Crippen LogP contribution in [-0.2, 0) is 9.53 Å². The number of hydrogen-bond donors (Lipinski definition) is 2. The van der Waals surface area contributed by atoms with Crippen LogP contribution < -0.4 is 5.32 Å². The number of benzene rings is 2. The molecule has 1 unspecified atom stereocenters. The molecule has 0 aliphatic carbocycles. The molecule has 6 heteroatoms. The van der Waals surface area contributed by atoms with Gasteiger partial charge >= 0.3 is 5.97 Å². The summed E-state index contributed by atoms with van der Waals surface area (Å²) in [7, 11) is 0. The molecule has 0 radical (unpaired) electrons. The van der Waals surface area contributed by atoms with E-state index in [2.05, 4.69) is 15.3 Å². The molecule has 144 valence electrons. The van der Waals surface area contributed by atoms with Crippen molar-refractivity contribution in [1.29, 1.82) is 0 Å². The van der Waals surface area contributed by atoms with Gasteiger partial charge in [-0.1, -0.05) is 37.3 Å². The minimum Gasteiger partial charge on any atom is -0.449 e. The van der Waals surface area contributed by atoms with Crippen LogP contribution in [0.15, 0.2) is 54.9 Å². The smallest absolute Gasteiger partial charge is 0.338 e. The molecule has 1 aromatic heterocycles. The Morgan fingerprint density at radius 1 is 1.11 bits per heavy atom. The number of aromatic amines is 1. The second kappa shape index (κ2) is 8.52. The molecule has 1 amide bonds. The van der Waals surface area contributed by atoms with E-state index in [1.165, 1.54) is 0 Å². The first-order valence-corrected chi connectivity index (χ1v) is 9.17. The number of hydrogen-bond acceptors (Lipinski definition) is 4. The van der Waals surface area contributed by atoms with E-state index in [0.29, 0.717) is 12.0 Å². The Kier molecular flexibility index (Phi) is 5.89. The third-order valence-electron chi connectivity index (χ3n) is 4.53. The van der Waals surface area contributed by atoms with E-state index in [4.69, 9.17) is 4.74 Å². The summed E-state index contributed by atoms with van der Waals surface area (Å²) in [6.45, 7) is 5.66. The quantitative estimate of drug-likeness (QED) is 0.629. The number of nitrogens with zero attached hydrogens (tertiary/aromatic N) is 1. The van der Waals surface area contributed by atoms with Gasteiger partial charge in [0.25, 0.3) is 5.91 Å². The minimum absolute atomic E-state index is 0.333. The number of amides is 1. The van der Waals surface area contributed by atoms with Crippen molar-refractivity contribution in [1.82, 2.24) is 9.97 Å². The highest BCUT2D eigenvalue weighted by Gasteiger charge is 2.23. The number of esters is 1. The zero-order chi connectivity index (χ0) is 20.1. The predicted octanol–water partition coefficient (Wildman–Crippen LogP) is 4.27. The summed E-state index contributed by atoms with van der Waals surface area (Å²) in [5.41, 5.74) is 3.92. The fourth-order valence-corrected chi connectivity index (χ4v) is 2.92. The van der Waals surface area contributed by atoms with E-state index in [0.717, 1.165) is 28.2 Å². The van der Waals surface area contributed by atoms with Crippen LogP contribution in [0.3, 0.4) is 0 Å². The molecule has 0 saturated heterocycles. The van der Waals surface area contributed by atoms with Gasteiger partial charge in [0.05, 0.1) is 5.56 Å². The summed E-state index contributed by atoms with van der Waals surface area (Å²) in [5, 5.41) is 2.89. The van der Waals surface area contributed by atoms with Gasteiger partial charge in [0.1, 0.15) is 5.82 Å². The lowest BCUT2D eigenvalue weighted by Gasteiger charge is -2.18. The zero-order valence-electron chi connectivity index (χ0n) is 16.2. The van der Waals surface area contributed by atoms with Crippen LogP contribution in [0.2, 0.25) is 0 Å². The largest absolute Gasteiger partial charge is 0.449 e. The van der Waals surface area contributed by atoms with Crippen LogP contribution >= 0.6 is 0 Å². The number of nitrogens with one attached hydrogen (secondary N) is 2. The van der Waals surface area contributed by atoms with Gasteiger partial charge in [-0.2, -0.15) is 0 Å². The Balaban J connectivity index is 1.68. The lowest BCUT2D eigenvalue weighted by atomic mass is 10.1. The van der Waals surface area contributed by atoms with Gasteiger partial charge in [0.15, 0.2) is 6.10 Å².